The number of hydrogen-bond acceptors (Lipinski definition) is 6. The predicted molar refractivity (Wildman–Crippen MR) is 67.4 cm³/mol. The maximum Gasteiger partial charge on any atom is 0.311 e. The molecule has 0 saturated carbocycles. The van der Waals surface area contributed by atoms with E-state index in [9.17, 15) is 10.1 Å². The quantitative estimate of drug-likeness (QED) is 0.670. The van der Waals surface area contributed by atoms with E-state index in [2.05, 4.69) is 10.1 Å². The third kappa shape index (κ3) is 2.43. The Kier molecular flexibility index (Phi) is 3.19. The van der Waals surface area contributed by atoms with Gasteiger partial charge in [-0.2, -0.15) is 5.10 Å². The van der Waals surface area contributed by atoms with Crippen molar-refractivity contribution in [2.45, 2.75) is 17.0 Å². The van der Waals surface area contributed by atoms with Crippen LogP contribution in [0.1, 0.15) is 5.69 Å². The average Bonchev–Trinajstić information content (AvgIpc) is 2.57. The van der Waals surface area contributed by atoms with Crippen LogP contribution in [0.5, 0.6) is 0 Å². The van der Waals surface area contributed by atoms with Crippen molar-refractivity contribution >= 4 is 23.3 Å². The lowest BCUT2D eigenvalue weighted by molar-refractivity contribution is -0.384. The minimum atomic E-state index is -0.551. The van der Waals surface area contributed by atoms with Gasteiger partial charge in [0.15, 0.2) is 0 Å². The van der Waals surface area contributed by atoms with E-state index in [0.29, 0.717) is 5.03 Å². The van der Waals surface area contributed by atoms with E-state index in [-0.39, 0.29) is 11.5 Å². The largest absolute Gasteiger partial charge is 0.378 e. The molecule has 0 atom stereocenters. The van der Waals surface area contributed by atoms with Crippen LogP contribution in [-0.2, 0) is 7.05 Å². The van der Waals surface area contributed by atoms with Crippen molar-refractivity contribution in [2.24, 2.45) is 7.05 Å². The maximum absolute atomic E-state index is 10.6. The molecule has 8 heteroatoms. The number of nitrogens with two attached hydrogens (primary N) is 1. The number of aromatic nitrogens is 3. The Hall–Kier alpha value is -2.09. The van der Waals surface area contributed by atoms with Crippen molar-refractivity contribution in [2.75, 3.05) is 5.73 Å². The number of rotatable bonds is 3. The van der Waals surface area contributed by atoms with Crippen LogP contribution in [0.4, 0.5) is 11.5 Å². The average molecular weight is 265 g/mol. The second kappa shape index (κ2) is 4.65. The lowest BCUT2D eigenvalue weighted by Gasteiger charge is -2.02. The molecule has 2 aromatic rings. The zero-order valence-electron chi connectivity index (χ0n) is 9.82. The van der Waals surface area contributed by atoms with Crippen LogP contribution in [0.3, 0.4) is 0 Å². The van der Waals surface area contributed by atoms with Gasteiger partial charge in [0.05, 0.1) is 10.6 Å². The summed E-state index contributed by atoms with van der Waals surface area (Å²) < 4.78 is 1.72. The standard InChI is InChI=1S/C10H11N5O2S/c1-6-5-9(14(2)13-6)18-8-4-3-7(15(16)17)10(11)12-8/h3-5H,1-2H3,(H2,11,12). The highest BCUT2D eigenvalue weighted by Gasteiger charge is 2.14. The lowest BCUT2D eigenvalue weighted by Crippen LogP contribution is -1.99. The Morgan fingerprint density at radius 1 is 1.50 bits per heavy atom. The van der Waals surface area contributed by atoms with E-state index in [4.69, 9.17) is 5.73 Å². The summed E-state index contributed by atoms with van der Waals surface area (Å²) in [5.41, 5.74) is 6.25. The molecule has 0 radical (unpaired) electrons. The molecule has 94 valence electrons. The third-order valence-electron chi connectivity index (χ3n) is 2.24. The first-order valence-corrected chi connectivity index (χ1v) is 5.88. The van der Waals surface area contributed by atoms with Gasteiger partial charge in [-0.25, -0.2) is 4.98 Å². The molecule has 2 heterocycles. The first-order valence-electron chi connectivity index (χ1n) is 5.07. The molecular formula is C10H11N5O2S. The number of aryl methyl sites for hydroxylation is 2. The maximum atomic E-state index is 10.6. The Morgan fingerprint density at radius 3 is 2.72 bits per heavy atom. The van der Waals surface area contributed by atoms with Crippen LogP contribution < -0.4 is 5.73 Å². The Labute approximate surface area is 107 Å². The highest BCUT2D eigenvalue weighted by atomic mass is 32.2. The summed E-state index contributed by atoms with van der Waals surface area (Å²) in [5, 5.41) is 16.3. The predicted octanol–water partition coefficient (Wildman–Crippen LogP) is 1.77. The monoisotopic (exact) mass is 265 g/mol. The van der Waals surface area contributed by atoms with Gasteiger partial charge in [0.2, 0.25) is 5.82 Å². The number of nitrogens with zero attached hydrogens (tertiary/aromatic N) is 4. The minimum Gasteiger partial charge on any atom is -0.378 e. The van der Waals surface area contributed by atoms with Gasteiger partial charge in [0, 0.05) is 13.1 Å². The van der Waals surface area contributed by atoms with Crippen LogP contribution in [0.15, 0.2) is 28.3 Å². The molecular weight excluding hydrogens is 254 g/mol. The van der Waals surface area contributed by atoms with Gasteiger partial charge in [-0.05, 0) is 19.1 Å². The fourth-order valence-electron chi connectivity index (χ4n) is 1.45. The second-order valence-corrected chi connectivity index (χ2v) is 4.70. The number of hydrogen-bond donors (Lipinski definition) is 1. The van der Waals surface area contributed by atoms with Crippen molar-refractivity contribution < 1.29 is 4.92 Å². The Bertz CT molecular complexity index is 610. The summed E-state index contributed by atoms with van der Waals surface area (Å²) in [6.45, 7) is 1.89. The highest BCUT2D eigenvalue weighted by molar-refractivity contribution is 7.99. The molecule has 0 aliphatic carbocycles. The molecule has 0 spiro atoms. The molecule has 2 aromatic heterocycles. The first-order chi connectivity index (χ1) is 8.47. The van der Waals surface area contributed by atoms with E-state index in [1.54, 1.807) is 10.7 Å². The minimum absolute atomic E-state index is 0.0797. The Morgan fingerprint density at radius 2 is 2.22 bits per heavy atom. The first kappa shape index (κ1) is 12.4. The molecule has 7 nitrogen and oxygen atoms in total. The summed E-state index contributed by atoms with van der Waals surface area (Å²) in [7, 11) is 1.82. The molecule has 0 amide bonds. The molecule has 2 rings (SSSR count). The van der Waals surface area contributed by atoms with Gasteiger partial charge in [-0.1, -0.05) is 11.8 Å². The molecule has 0 bridgehead atoms. The fourth-order valence-corrected chi connectivity index (χ4v) is 2.35. The van der Waals surface area contributed by atoms with Crippen LogP contribution in [0.25, 0.3) is 0 Å². The number of pyridine rings is 1. The summed E-state index contributed by atoms with van der Waals surface area (Å²) in [6, 6.07) is 4.83. The molecule has 2 N–H and O–H groups in total. The highest BCUT2D eigenvalue weighted by Crippen LogP contribution is 2.29. The van der Waals surface area contributed by atoms with Crippen LogP contribution in [-0.4, -0.2) is 19.7 Å². The zero-order chi connectivity index (χ0) is 13.3. The lowest BCUT2D eigenvalue weighted by atomic mass is 10.4. The normalized spacial score (nSPS) is 10.6. The molecule has 18 heavy (non-hydrogen) atoms. The van der Waals surface area contributed by atoms with Gasteiger partial charge >= 0.3 is 5.69 Å². The summed E-state index contributed by atoms with van der Waals surface area (Å²) in [6.07, 6.45) is 0. The molecule has 0 unspecified atom stereocenters. The van der Waals surface area contributed by atoms with Crippen molar-refractivity contribution in [1.29, 1.82) is 0 Å². The van der Waals surface area contributed by atoms with Gasteiger partial charge in [-0.15, -0.1) is 0 Å². The van der Waals surface area contributed by atoms with Crippen LogP contribution in [0.2, 0.25) is 0 Å². The summed E-state index contributed by atoms with van der Waals surface area (Å²) >= 11 is 1.36. The number of nitrogen functional groups attached to an aromatic ring is 1. The summed E-state index contributed by atoms with van der Waals surface area (Å²) in [4.78, 5) is 14.1. The molecule has 0 aliphatic rings. The van der Waals surface area contributed by atoms with Gasteiger partial charge in [0.1, 0.15) is 10.1 Å². The summed E-state index contributed by atoms with van der Waals surface area (Å²) in [5.74, 6) is -0.0797. The molecule has 0 aromatic carbocycles. The smallest absolute Gasteiger partial charge is 0.311 e. The van der Waals surface area contributed by atoms with Crippen molar-refractivity contribution in [1.82, 2.24) is 14.8 Å². The third-order valence-corrected chi connectivity index (χ3v) is 3.27. The van der Waals surface area contributed by atoms with Crippen LogP contribution >= 0.6 is 11.8 Å². The van der Waals surface area contributed by atoms with Crippen molar-refractivity contribution in [3.63, 3.8) is 0 Å². The van der Waals surface area contributed by atoms with E-state index in [0.717, 1.165) is 10.7 Å². The molecule has 0 aliphatic heterocycles. The van der Waals surface area contributed by atoms with Gasteiger partial charge in [-0.3, -0.25) is 14.8 Å². The fraction of sp³-hybridized carbons (Fsp3) is 0.200. The van der Waals surface area contributed by atoms with E-state index in [1.807, 2.05) is 20.0 Å². The van der Waals surface area contributed by atoms with E-state index >= 15 is 0 Å². The van der Waals surface area contributed by atoms with Gasteiger partial charge < -0.3 is 5.73 Å². The molecule has 0 saturated heterocycles. The van der Waals surface area contributed by atoms with Crippen molar-refractivity contribution in [3.8, 4) is 0 Å². The number of nitro groups is 1. The SMILES string of the molecule is Cc1cc(Sc2ccc([N+](=O)[O-])c(N)n2)n(C)n1. The van der Waals surface area contributed by atoms with E-state index < -0.39 is 4.92 Å². The Balaban J connectivity index is 2.28. The molecule has 0 fully saturated rings. The topological polar surface area (TPSA) is 99.9 Å². The second-order valence-electron chi connectivity index (χ2n) is 3.66. The zero-order valence-corrected chi connectivity index (χ0v) is 10.6. The van der Waals surface area contributed by atoms with Gasteiger partial charge in [0.25, 0.3) is 0 Å². The van der Waals surface area contributed by atoms with Crippen molar-refractivity contribution in [3.05, 3.63) is 34.0 Å². The van der Waals surface area contributed by atoms with Crippen LogP contribution in [0, 0.1) is 17.0 Å². The van der Waals surface area contributed by atoms with E-state index in [1.165, 1.54) is 17.8 Å². The number of anilines is 1.